The van der Waals surface area contributed by atoms with E-state index in [9.17, 15) is 22.0 Å². The molecule has 1 saturated heterocycles. The molecule has 0 bridgehead atoms. The second-order valence-electron chi connectivity index (χ2n) is 8.32. The van der Waals surface area contributed by atoms with Crippen LogP contribution in [0.4, 0.5) is 33.6 Å². The molecule has 2 atom stereocenters. The highest BCUT2D eigenvalue weighted by molar-refractivity contribution is 5.71. The second kappa shape index (κ2) is 7.82. The number of fused-ring (bicyclic) bond motifs is 2. The molecule has 1 N–H and O–H groups in total. The number of nitrogens with one attached hydrogen (secondary N) is 1. The smallest absolute Gasteiger partial charge is 0.366 e. The van der Waals surface area contributed by atoms with E-state index in [4.69, 9.17) is 0 Å². The van der Waals surface area contributed by atoms with Gasteiger partial charge in [-0.25, -0.2) is 28.4 Å². The van der Waals surface area contributed by atoms with E-state index in [0.717, 1.165) is 42.9 Å². The minimum atomic E-state index is -4.39. The first kappa shape index (κ1) is 20.8. The molecular weight excluding hydrogens is 433 g/mol. The Morgan fingerprint density at radius 2 is 1.78 bits per heavy atom. The van der Waals surface area contributed by atoms with Gasteiger partial charge in [0.25, 0.3) is 6.43 Å². The quantitative estimate of drug-likeness (QED) is 0.592. The number of anilines is 2. The number of rotatable bonds is 5. The number of nitrogens with zero attached hydrogens (tertiary/aromatic N) is 6. The lowest BCUT2D eigenvalue weighted by Gasteiger charge is -2.21. The van der Waals surface area contributed by atoms with Crippen molar-refractivity contribution in [1.29, 1.82) is 0 Å². The Morgan fingerprint density at radius 3 is 2.41 bits per heavy atom. The first-order chi connectivity index (χ1) is 15.3. The normalized spacial score (nSPS) is 23.3. The van der Waals surface area contributed by atoms with Gasteiger partial charge in [-0.3, -0.25) is 0 Å². The Morgan fingerprint density at radius 1 is 1.03 bits per heavy atom. The van der Waals surface area contributed by atoms with Gasteiger partial charge < -0.3 is 10.2 Å². The second-order valence-corrected chi connectivity index (χ2v) is 8.32. The Bertz CT molecular complexity index is 1080. The summed E-state index contributed by atoms with van der Waals surface area (Å²) in [7, 11) is 0. The molecule has 1 aliphatic heterocycles. The van der Waals surface area contributed by atoms with Crippen molar-refractivity contribution < 1.29 is 22.0 Å². The molecule has 0 aromatic carbocycles. The molecule has 1 saturated carbocycles. The van der Waals surface area contributed by atoms with E-state index in [1.54, 1.807) is 6.20 Å². The van der Waals surface area contributed by atoms with Crippen LogP contribution >= 0.6 is 0 Å². The van der Waals surface area contributed by atoms with Crippen LogP contribution in [0.15, 0.2) is 30.7 Å². The van der Waals surface area contributed by atoms with Crippen molar-refractivity contribution in [2.45, 2.75) is 38.0 Å². The number of hydrogen-bond donors (Lipinski definition) is 1. The van der Waals surface area contributed by atoms with E-state index in [1.807, 2.05) is 4.90 Å². The monoisotopic (exact) mass is 453 g/mol. The van der Waals surface area contributed by atoms with Crippen LogP contribution in [0.2, 0.25) is 0 Å². The van der Waals surface area contributed by atoms with Crippen molar-refractivity contribution >= 4 is 22.8 Å². The first-order valence-corrected chi connectivity index (χ1v) is 10.3. The summed E-state index contributed by atoms with van der Waals surface area (Å²) in [6, 6.07) is 2.65. The molecule has 0 radical (unpaired) electrons. The average molecular weight is 453 g/mol. The molecule has 7 nitrogen and oxygen atoms in total. The van der Waals surface area contributed by atoms with Gasteiger partial charge in [0, 0.05) is 25.3 Å². The number of alkyl halides is 5. The predicted octanol–water partition coefficient (Wildman–Crippen LogP) is 3.83. The first-order valence-electron chi connectivity index (χ1n) is 10.3. The fourth-order valence-corrected chi connectivity index (χ4v) is 4.74. The van der Waals surface area contributed by atoms with Crippen LogP contribution in [0.5, 0.6) is 0 Å². The molecule has 170 valence electrons. The fraction of sp³-hybridized carbons (Fsp3) is 0.500. The van der Waals surface area contributed by atoms with Gasteiger partial charge in [0.15, 0.2) is 5.65 Å². The predicted molar refractivity (Wildman–Crippen MR) is 106 cm³/mol. The van der Waals surface area contributed by atoms with E-state index in [1.165, 1.54) is 12.3 Å². The molecule has 3 aromatic rings. The zero-order valence-electron chi connectivity index (χ0n) is 16.8. The van der Waals surface area contributed by atoms with Gasteiger partial charge >= 0.3 is 6.18 Å². The van der Waals surface area contributed by atoms with Crippen LogP contribution in [-0.2, 0) is 12.7 Å². The number of pyridine rings is 1. The Kier molecular flexibility index (Phi) is 5.09. The van der Waals surface area contributed by atoms with E-state index in [0.29, 0.717) is 34.6 Å². The van der Waals surface area contributed by atoms with Gasteiger partial charge in [-0.2, -0.15) is 18.3 Å². The van der Waals surface area contributed by atoms with Gasteiger partial charge in [-0.05, 0) is 36.8 Å². The highest BCUT2D eigenvalue weighted by atomic mass is 19.4. The molecule has 0 amide bonds. The third kappa shape index (κ3) is 4.05. The van der Waals surface area contributed by atoms with E-state index in [2.05, 4.69) is 25.4 Å². The minimum absolute atomic E-state index is 0.158. The van der Waals surface area contributed by atoms with Crippen LogP contribution < -0.4 is 10.2 Å². The maximum absolute atomic E-state index is 12.7. The molecule has 4 heterocycles. The van der Waals surface area contributed by atoms with Crippen molar-refractivity contribution in [1.82, 2.24) is 24.7 Å². The van der Waals surface area contributed by atoms with Crippen LogP contribution in [-0.4, -0.2) is 50.3 Å². The molecular formula is C20H20F5N7. The lowest BCUT2D eigenvalue weighted by Crippen LogP contribution is -2.26. The third-order valence-corrected chi connectivity index (χ3v) is 6.16. The third-order valence-electron chi connectivity index (χ3n) is 6.16. The lowest BCUT2D eigenvalue weighted by atomic mass is 10.0. The van der Waals surface area contributed by atoms with Crippen LogP contribution in [0.25, 0.3) is 11.2 Å². The van der Waals surface area contributed by atoms with Gasteiger partial charge in [0.05, 0.1) is 18.0 Å². The molecule has 0 spiro atoms. The summed E-state index contributed by atoms with van der Waals surface area (Å²) in [4.78, 5) is 14.7. The zero-order chi connectivity index (χ0) is 22.5. The zero-order valence-corrected chi connectivity index (χ0v) is 16.8. The number of aromatic nitrogens is 5. The summed E-state index contributed by atoms with van der Waals surface area (Å²) in [5.41, 5.74) is 0.0186. The summed E-state index contributed by atoms with van der Waals surface area (Å²) >= 11 is 0. The Hall–Kier alpha value is -3.05. The van der Waals surface area contributed by atoms with E-state index >= 15 is 0 Å². The highest BCUT2D eigenvalue weighted by Crippen LogP contribution is 2.40. The van der Waals surface area contributed by atoms with E-state index < -0.39 is 24.7 Å². The minimum Gasteiger partial charge on any atom is -0.366 e. The van der Waals surface area contributed by atoms with Crippen molar-refractivity contribution in [2.75, 3.05) is 23.3 Å². The summed E-state index contributed by atoms with van der Waals surface area (Å²) in [5, 5.41) is 7.27. The molecule has 2 aliphatic rings. The van der Waals surface area contributed by atoms with E-state index in [-0.39, 0.29) is 6.04 Å². The lowest BCUT2D eigenvalue weighted by molar-refractivity contribution is -0.137. The maximum Gasteiger partial charge on any atom is 0.417 e. The molecule has 2 fully saturated rings. The van der Waals surface area contributed by atoms with Gasteiger partial charge in [0.1, 0.15) is 23.7 Å². The summed E-state index contributed by atoms with van der Waals surface area (Å²) in [6.07, 6.45) is -1.32. The molecule has 5 rings (SSSR count). The SMILES string of the molecule is FC(F)Cn1ncc2ncc(NC3CC4CN(c5ccc(C(F)(F)F)cn5)CC4C3)nc21. The average Bonchev–Trinajstić information content (AvgIpc) is 3.41. The molecule has 12 heteroatoms. The van der Waals surface area contributed by atoms with Crippen LogP contribution in [0.3, 0.4) is 0 Å². The number of halogens is 5. The fourth-order valence-electron chi connectivity index (χ4n) is 4.74. The molecule has 32 heavy (non-hydrogen) atoms. The highest BCUT2D eigenvalue weighted by Gasteiger charge is 2.41. The maximum atomic E-state index is 12.7. The Balaban J connectivity index is 1.21. The van der Waals surface area contributed by atoms with Crippen molar-refractivity contribution in [2.24, 2.45) is 11.8 Å². The molecule has 1 aliphatic carbocycles. The summed E-state index contributed by atoms with van der Waals surface area (Å²) in [5.74, 6) is 1.84. The van der Waals surface area contributed by atoms with Crippen molar-refractivity contribution in [3.05, 3.63) is 36.3 Å². The van der Waals surface area contributed by atoms with Gasteiger partial charge in [-0.15, -0.1) is 0 Å². The molecule has 3 aromatic heterocycles. The van der Waals surface area contributed by atoms with Gasteiger partial charge in [0.2, 0.25) is 0 Å². The summed E-state index contributed by atoms with van der Waals surface area (Å²) < 4.78 is 64.8. The standard InChI is InChI=1S/C20H20F5N7/c21-16(22)10-32-19-15(6-28-32)26-7-17(30-19)29-14-3-11-8-31(9-12(11)4-14)18-2-1-13(5-27-18)20(23,24)25/h1-2,5-7,11-12,14,16H,3-4,8-10H2,(H,29,30). The Labute approximate surface area is 179 Å². The topological polar surface area (TPSA) is 71.8 Å². The summed E-state index contributed by atoms with van der Waals surface area (Å²) in [6.45, 7) is 0.920. The van der Waals surface area contributed by atoms with Crippen LogP contribution in [0, 0.1) is 11.8 Å². The largest absolute Gasteiger partial charge is 0.417 e. The number of hydrogen-bond acceptors (Lipinski definition) is 6. The van der Waals surface area contributed by atoms with Gasteiger partial charge in [-0.1, -0.05) is 0 Å². The van der Waals surface area contributed by atoms with Crippen molar-refractivity contribution in [3.63, 3.8) is 0 Å². The van der Waals surface area contributed by atoms with Crippen LogP contribution in [0.1, 0.15) is 18.4 Å². The molecule has 2 unspecified atom stereocenters. The van der Waals surface area contributed by atoms with Crippen molar-refractivity contribution in [3.8, 4) is 0 Å².